The van der Waals surface area contributed by atoms with Gasteiger partial charge in [0.2, 0.25) is 0 Å². The molecule has 126 valence electrons. The summed E-state index contributed by atoms with van der Waals surface area (Å²) in [6.45, 7) is 2.14. The third-order valence-corrected chi connectivity index (χ3v) is 7.49. The standard InChI is InChI=1S/C23H17NOS/c1-12-23-20-14(13-6-4-5-9-18(13)26-23)10-11-17-19(20)21(24-12)15-7-2-3-8-16(15)22(17)25/h2-11,15-17,23H,1H3. The number of rotatable bonds is 0. The lowest BCUT2D eigenvalue weighted by molar-refractivity contribution is -0.124. The van der Waals surface area contributed by atoms with Crippen LogP contribution in [-0.2, 0) is 4.79 Å². The quantitative estimate of drug-likeness (QED) is 0.671. The van der Waals surface area contributed by atoms with Crippen LogP contribution in [0.1, 0.15) is 12.5 Å². The summed E-state index contributed by atoms with van der Waals surface area (Å²) in [4.78, 5) is 19.6. The van der Waals surface area contributed by atoms with Crippen LogP contribution >= 0.6 is 11.8 Å². The van der Waals surface area contributed by atoms with Crippen molar-refractivity contribution < 1.29 is 4.79 Å². The summed E-state index contributed by atoms with van der Waals surface area (Å²) in [6.07, 6.45) is 12.6. The van der Waals surface area contributed by atoms with Crippen molar-refractivity contribution in [3.8, 4) is 0 Å². The van der Waals surface area contributed by atoms with Gasteiger partial charge in [0.1, 0.15) is 0 Å². The molecule has 5 aliphatic rings. The zero-order valence-electron chi connectivity index (χ0n) is 14.3. The molecular formula is C23H17NOS. The van der Waals surface area contributed by atoms with Crippen molar-refractivity contribution in [1.82, 2.24) is 0 Å². The average Bonchev–Trinajstić information content (AvgIpc) is 2.69. The Hall–Kier alpha value is -2.39. The average molecular weight is 355 g/mol. The maximum absolute atomic E-state index is 13.2. The van der Waals surface area contributed by atoms with E-state index in [0.29, 0.717) is 5.78 Å². The van der Waals surface area contributed by atoms with E-state index in [1.54, 1.807) is 0 Å². The second-order valence-electron chi connectivity index (χ2n) is 7.43. The Morgan fingerprint density at radius 1 is 1.00 bits per heavy atom. The van der Waals surface area contributed by atoms with E-state index in [2.05, 4.69) is 61.6 Å². The highest BCUT2D eigenvalue weighted by Crippen LogP contribution is 2.55. The third kappa shape index (κ3) is 1.74. The van der Waals surface area contributed by atoms with Gasteiger partial charge >= 0.3 is 0 Å². The highest BCUT2D eigenvalue weighted by atomic mass is 32.2. The molecule has 6 rings (SSSR count). The molecule has 3 aliphatic carbocycles. The number of nitrogens with zero attached hydrogens (tertiary/aromatic N) is 1. The first-order chi connectivity index (χ1) is 12.7. The van der Waals surface area contributed by atoms with Gasteiger partial charge in [-0.1, -0.05) is 54.7 Å². The molecule has 0 spiro atoms. The van der Waals surface area contributed by atoms with Crippen LogP contribution in [-0.4, -0.2) is 16.7 Å². The first-order valence-electron chi connectivity index (χ1n) is 9.11. The molecule has 0 radical (unpaired) electrons. The summed E-state index contributed by atoms with van der Waals surface area (Å²) in [6, 6.07) is 8.59. The molecule has 0 bridgehead atoms. The Bertz CT molecular complexity index is 1070. The smallest absolute Gasteiger partial charge is 0.152 e. The Labute approximate surface area is 156 Å². The van der Waals surface area contributed by atoms with Crippen molar-refractivity contribution in [2.45, 2.75) is 17.1 Å². The minimum absolute atomic E-state index is 0.0767. The molecule has 0 aromatic heterocycles. The van der Waals surface area contributed by atoms with E-state index in [0.717, 1.165) is 11.4 Å². The number of hydrogen-bond donors (Lipinski definition) is 0. The number of fused-ring (bicyclic) bond motifs is 4. The maximum Gasteiger partial charge on any atom is 0.152 e. The molecule has 4 unspecified atom stereocenters. The highest BCUT2D eigenvalue weighted by Gasteiger charge is 2.48. The largest absolute Gasteiger partial charge is 0.298 e. The van der Waals surface area contributed by atoms with Crippen molar-refractivity contribution in [3.05, 3.63) is 83.1 Å². The van der Waals surface area contributed by atoms with Crippen molar-refractivity contribution in [1.29, 1.82) is 0 Å². The van der Waals surface area contributed by atoms with Crippen molar-refractivity contribution in [3.63, 3.8) is 0 Å². The molecule has 2 aliphatic heterocycles. The van der Waals surface area contributed by atoms with E-state index < -0.39 is 0 Å². The van der Waals surface area contributed by atoms with Crippen LogP contribution in [0.25, 0.3) is 5.57 Å². The molecule has 3 heteroatoms. The molecule has 1 aromatic carbocycles. The Morgan fingerprint density at radius 2 is 1.81 bits per heavy atom. The van der Waals surface area contributed by atoms with Crippen LogP contribution < -0.4 is 0 Å². The lowest BCUT2D eigenvalue weighted by atomic mass is 9.64. The van der Waals surface area contributed by atoms with Gasteiger partial charge in [-0.3, -0.25) is 9.79 Å². The molecule has 0 amide bonds. The number of Topliss-reactive ketones (excluding diaryl/α,β-unsaturated/α-hetero) is 1. The van der Waals surface area contributed by atoms with Crippen LogP contribution in [0.5, 0.6) is 0 Å². The summed E-state index contributed by atoms with van der Waals surface area (Å²) in [5, 5.41) is 0.221. The first-order valence-corrected chi connectivity index (χ1v) is 9.99. The number of benzene rings is 1. The highest BCUT2D eigenvalue weighted by molar-refractivity contribution is 8.01. The normalized spacial score (nSPS) is 33.0. The predicted octanol–water partition coefficient (Wildman–Crippen LogP) is 4.77. The maximum atomic E-state index is 13.2. The van der Waals surface area contributed by atoms with E-state index in [9.17, 15) is 4.79 Å². The van der Waals surface area contributed by atoms with Crippen LogP contribution in [0, 0.1) is 17.8 Å². The number of thioether (sulfide) groups is 1. The molecule has 0 saturated heterocycles. The lowest BCUT2D eigenvalue weighted by Crippen LogP contribution is -2.41. The molecule has 0 saturated carbocycles. The number of carbonyl (C=O) groups is 1. The molecule has 0 fully saturated rings. The van der Waals surface area contributed by atoms with Gasteiger partial charge in [0, 0.05) is 22.4 Å². The van der Waals surface area contributed by atoms with Gasteiger partial charge in [0.05, 0.1) is 16.9 Å². The number of aliphatic imine (C=N–C) groups is 1. The number of carbonyl (C=O) groups excluding carboxylic acids is 1. The Kier molecular flexibility index (Phi) is 2.88. The van der Waals surface area contributed by atoms with Crippen LogP contribution in [0.4, 0.5) is 0 Å². The van der Waals surface area contributed by atoms with Crippen molar-refractivity contribution in [2.24, 2.45) is 22.7 Å². The summed E-state index contributed by atoms with van der Waals surface area (Å²) in [5.74, 6) is 0.171. The molecule has 0 N–H and O–H groups in total. The molecule has 4 atom stereocenters. The van der Waals surface area contributed by atoms with E-state index in [4.69, 9.17) is 4.99 Å². The van der Waals surface area contributed by atoms with E-state index in [1.165, 1.54) is 27.2 Å². The lowest BCUT2D eigenvalue weighted by Gasteiger charge is -2.44. The van der Waals surface area contributed by atoms with Gasteiger partial charge in [-0.2, -0.15) is 0 Å². The van der Waals surface area contributed by atoms with E-state index in [1.807, 2.05) is 17.8 Å². The van der Waals surface area contributed by atoms with Gasteiger partial charge in [-0.15, -0.1) is 11.8 Å². The summed E-state index contributed by atoms with van der Waals surface area (Å²) in [5.41, 5.74) is 7.36. The second-order valence-corrected chi connectivity index (χ2v) is 8.58. The fraction of sp³-hybridized carbons (Fsp3) is 0.217. The molecular weight excluding hydrogens is 338 g/mol. The Morgan fingerprint density at radius 3 is 2.69 bits per heavy atom. The van der Waals surface area contributed by atoms with Gasteiger partial charge < -0.3 is 0 Å². The predicted molar refractivity (Wildman–Crippen MR) is 106 cm³/mol. The van der Waals surface area contributed by atoms with Gasteiger partial charge in [0.15, 0.2) is 5.78 Å². The molecule has 1 aromatic rings. The molecule has 26 heavy (non-hydrogen) atoms. The van der Waals surface area contributed by atoms with Gasteiger partial charge in [0.25, 0.3) is 0 Å². The Balaban J connectivity index is 1.67. The SMILES string of the molecule is CC1=NC2=C3C4=C(C=CC3C(=O)C3C=CC=CC23)c2ccccc2SC14. The summed E-state index contributed by atoms with van der Waals surface area (Å²) in [7, 11) is 0. The van der Waals surface area contributed by atoms with Crippen LogP contribution in [0.2, 0.25) is 0 Å². The van der Waals surface area contributed by atoms with E-state index in [-0.39, 0.29) is 23.0 Å². The third-order valence-electron chi connectivity index (χ3n) is 6.07. The van der Waals surface area contributed by atoms with Gasteiger partial charge in [-0.25, -0.2) is 0 Å². The minimum Gasteiger partial charge on any atom is -0.298 e. The van der Waals surface area contributed by atoms with Crippen LogP contribution in [0.15, 0.2) is 87.5 Å². The fourth-order valence-corrected chi connectivity index (χ4v) is 6.24. The topological polar surface area (TPSA) is 29.4 Å². The van der Waals surface area contributed by atoms with Crippen molar-refractivity contribution >= 4 is 28.8 Å². The molecule has 2 nitrogen and oxygen atoms in total. The zero-order chi connectivity index (χ0) is 17.4. The monoisotopic (exact) mass is 355 g/mol. The molecule has 2 heterocycles. The van der Waals surface area contributed by atoms with Gasteiger partial charge in [-0.05, 0) is 35.3 Å². The minimum atomic E-state index is -0.147. The first kappa shape index (κ1) is 14.7. The number of hydrogen-bond acceptors (Lipinski definition) is 3. The summed E-state index contributed by atoms with van der Waals surface area (Å²) >= 11 is 1.88. The van der Waals surface area contributed by atoms with E-state index >= 15 is 0 Å². The number of ketones is 1. The second kappa shape index (κ2) is 5.08. The fourth-order valence-electron chi connectivity index (χ4n) is 4.93. The number of allylic oxidation sites excluding steroid dienone is 8. The van der Waals surface area contributed by atoms with Crippen LogP contribution in [0.3, 0.4) is 0 Å². The van der Waals surface area contributed by atoms with Crippen molar-refractivity contribution in [2.75, 3.05) is 0 Å². The zero-order valence-corrected chi connectivity index (χ0v) is 15.2. The summed E-state index contributed by atoms with van der Waals surface area (Å²) < 4.78 is 0.